The summed E-state index contributed by atoms with van der Waals surface area (Å²) in [5, 5.41) is 0. The van der Waals surface area contributed by atoms with Crippen molar-refractivity contribution >= 4 is 5.57 Å². The monoisotopic (exact) mass is 303 g/mol. The molecule has 23 heavy (non-hydrogen) atoms. The lowest BCUT2D eigenvalue weighted by molar-refractivity contribution is 0.254. The zero-order valence-corrected chi connectivity index (χ0v) is 14.4. The van der Waals surface area contributed by atoms with Crippen molar-refractivity contribution in [2.45, 2.75) is 33.1 Å². The topological polar surface area (TPSA) is 3.24 Å². The van der Waals surface area contributed by atoms with Crippen LogP contribution in [0.4, 0.5) is 0 Å². The summed E-state index contributed by atoms with van der Waals surface area (Å²) in [5.41, 5.74) is 10.3. The fraction of sp³-hybridized carbons (Fsp3) is 0.364. The van der Waals surface area contributed by atoms with E-state index < -0.39 is 0 Å². The zero-order valence-electron chi connectivity index (χ0n) is 14.4. The maximum atomic E-state index is 2.59. The quantitative estimate of drug-likeness (QED) is 0.760. The predicted molar refractivity (Wildman–Crippen MR) is 97.9 cm³/mol. The van der Waals surface area contributed by atoms with Crippen LogP contribution in [0, 0.1) is 13.8 Å². The molecule has 1 aliphatic heterocycles. The van der Waals surface area contributed by atoms with Crippen LogP contribution in [-0.4, -0.2) is 24.5 Å². The third-order valence-corrected chi connectivity index (χ3v) is 5.52. The molecular formula is C22H25N. The molecule has 1 nitrogen and oxygen atoms in total. The van der Waals surface area contributed by atoms with Gasteiger partial charge in [0.05, 0.1) is 0 Å². The van der Waals surface area contributed by atoms with Gasteiger partial charge in [-0.1, -0.05) is 66.1 Å². The highest BCUT2D eigenvalue weighted by Gasteiger charge is 2.35. The van der Waals surface area contributed by atoms with Crippen LogP contribution in [0.1, 0.15) is 47.1 Å². The molecule has 1 saturated heterocycles. The lowest BCUT2D eigenvalue weighted by atomic mass is 9.89. The fourth-order valence-corrected chi connectivity index (χ4v) is 4.21. The number of fused-ring (bicyclic) bond motifs is 3. The van der Waals surface area contributed by atoms with Gasteiger partial charge in [0.1, 0.15) is 0 Å². The highest BCUT2D eigenvalue weighted by Crippen LogP contribution is 2.48. The Morgan fingerprint density at radius 1 is 1.00 bits per heavy atom. The molecule has 1 aliphatic carbocycles. The third-order valence-electron chi connectivity index (χ3n) is 5.52. The van der Waals surface area contributed by atoms with Crippen LogP contribution in [0.5, 0.6) is 0 Å². The van der Waals surface area contributed by atoms with Crippen molar-refractivity contribution < 1.29 is 0 Å². The molecule has 2 aromatic rings. The molecule has 0 bridgehead atoms. The molecule has 0 saturated carbocycles. The van der Waals surface area contributed by atoms with Gasteiger partial charge in [0.25, 0.3) is 0 Å². The summed E-state index contributed by atoms with van der Waals surface area (Å²) < 4.78 is 0. The van der Waals surface area contributed by atoms with Crippen LogP contribution in [0.3, 0.4) is 0 Å². The van der Waals surface area contributed by atoms with Gasteiger partial charge in [-0.2, -0.15) is 0 Å². The molecule has 4 rings (SSSR count). The number of aryl methyl sites for hydroxylation is 2. The van der Waals surface area contributed by atoms with Crippen molar-refractivity contribution in [3.05, 3.63) is 75.9 Å². The lowest BCUT2D eigenvalue weighted by Gasteiger charge is -2.32. The lowest BCUT2D eigenvalue weighted by Crippen LogP contribution is -2.34. The Morgan fingerprint density at radius 2 is 1.74 bits per heavy atom. The number of hydrogen-bond acceptors (Lipinski definition) is 1. The second-order valence-corrected chi connectivity index (χ2v) is 7.05. The van der Waals surface area contributed by atoms with Gasteiger partial charge in [0.15, 0.2) is 0 Å². The molecule has 1 heterocycles. The van der Waals surface area contributed by atoms with Gasteiger partial charge in [0.2, 0.25) is 0 Å². The average Bonchev–Trinajstić information content (AvgIpc) is 2.88. The average molecular weight is 303 g/mol. The molecule has 0 amide bonds. The molecule has 1 fully saturated rings. The number of rotatable bonds is 2. The standard InChI is InChI=1S/C22H25N/c1-4-23-12-11-19-21(14-23)18-10-7-16(3)13-20(18)22(19)17-8-5-15(2)6-9-17/h5-10,13,21H,4,11-12,14H2,1-3H3. The van der Waals surface area contributed by atoms with E-state index in [1.165, 1.54) is 47.3 Å². The van der Waals surface area contributed by atoms with Gasteiger partial charge >= 0.3 is 0 Å². The molecule has 1 unspecified atom stereocenters. The minimum atomic E-state index is 0.593. The highest BCUT2D eigenvalue weighted by atomic mass is 15.1. The first kappa shape index (κ1) is 14.7. The largest absolute Gasteiger partial charge is 0.302 e. The van der Waals surface area contributed by atoms with E-state index in [4.69, 9.17) is 0 Å². The summed E-state index contributed by atoms with van der Waals surface area (Å²) in [6.45, 7) is 10.2. The Labute approximate surface area is 139 Å². The Balaban J connectivity index is 1.88. The van der Waals surface area contributed by atoms with Crippen LogP contribution in [0.25, 0.3) is 5.57 Å². The smallest absolute Gasteiger partial charge is 0.0192 e. The van der Waals surface area contributed by atoms with Gasteiger partial charge in [0, 0.05) is 19.0 Å². The fourth-order valence-electron chi connectivity index (χ4n) is 4.21. The van der Waals surface area contributed by atoms with Gasteiger partial charge in [-0.15, -0.1) is 0 Å². The molecule has 0 spiro atoms. The molecule has 0 radical (unpaired) electrons. The number of nitrogens with zero attached hydrogens (tertiary/aromatic N) is 1. The first-order chi connectivity index (χ1) is 11.2. The summed E-state index contributed by atoms with van der Waals surface area (Å²) in [7, 11) is 0. The van der Waals surface area contributed by atoms with Crippen molar-refractivity contribution in [2.75, 3.05) is 19.6 Å². The SMILES string of the molecule is CCN1CCC2=C(c3ccc(C)cc3)c3cc(C)ccc3C2C1. The zero-order chi connectivity index (χ0) is 16.0. The summed E-state index contributed by atoms with van der Waals surface area (Å²) in [6.07, 6.45) is 1.20. The maximum Gasteiger partial charge on any atom is 0.0192 e. The molecular weight excluding hydrogens is 278 g/mol. The second-order valence-electron chi connectivity index (χ2n) is 7.05. The van der Waals surface area contributed by atoms with Crippen LogP contribution in [0.15, 0.2) is 48.0 Å². The van der Waals surface area contributed by atoms with E-state index in [-0.39, 0.29) is 0 Å². The van der Waals surface area contributed by atoms with Crippen molar-refractivity contribution in [3.8, 4) is 0 Å². The Kier molecular flexibility index (Phi) is 3.61. The van der Waals surface area contributed by atoms with E-state index in [2.05, 4.69) is 68.1 Å². The summed E-state index contributed by atoms with van der Waals surface area (Å²) >= 11 is 0. The van der Waals surface area contributed by atoms with Gasteiger partial charge in [-0.05, 0) is 49.1 Å². The minimum absolute atomic E-state index is 0.593. The third kappa shape index (κ3) is 2.44. The highest BCUT2D eigenvalue weighted by molar-refractivity contribution is 5.89. The first-order valence-electron chi connectivity index (χ1n) is 8.80. The number of hydrogen-bond donors (Lipinski definition) is 0. The van der Waals surface area contributed by atoms with Crippen molar-refractivity contribution in [1.29, 1.82) is 0 Å². The second kappa shape index (κ2) is 5.65. The number of likely N-dealkylation sites (tertiary alicyclic amines) is 1. The van der Waals surface area contributed by atoms with Crippen molar-refractivity contribution in [1.82, 2.24) is 4.90 Å². The van der Waals surface area contributed by atoms with Crippen LogP contribution >= 0.6 is 0 Å². The van der Waals surface area contributed by atoms with Crippen LogP contribution in [-0.2, 0) is 0 Å². The van der Waals surface area contributed by atoms with Crippen LogP contribution < -0.4 is 0 Å². The Morgan fingerprint density at radius 3 is 2.48 bits per heavy atom. The summed E-state index contributed by atoms with van der Waals surface area (Å²) in [4.78, 5) is 2.59. The molecule has 2 aliphatic rings. The molecule has 0 N–H and O–H groups in total. The summed E-state index contributed by atoms with van der Waals surface area (Å²) in [5.74, 6) is 0.593. The summed E-state index contributed by atoms with van der Waals surface area (Å²) in [6, 6.07) is 16.1. The Bertz CT molecular complexity index is 767. The van der Waals surface area contributed by atoms with Crippen molar-refractivity contribution in [3.63, 3.8) is 0 Å². The minimum Gasteiger partial charge on any atom is -0.302 e. The predicted octanol–water partition coefficient (Wildman–Crippen LogP) is 4.93. The molecule has 1 heteroatoms. The number of benzene rings is 2. The molecule has 1 atom stereocenters. The normalized spacial score (nSPS) is 20.6. The molecule has 0 aromatic heterocycles. The first-order valence-corrected chi connectivity index (χ1v) is 8.80. The van der Waals surface area contributed by atoms with E-state index in [0.717, 1.165) is 6.54 Å². The van der Waals surface area contributed by atoms with E-state index in [0.29, 0.717) is 5.92 Å². The van der Waals surface area contributed by atoms with E-state index in [1.54, 1.807) is 11.1 Å². The van der Waals surface area contributed by atoms with Gasteiger partial charge in [-0.3, -0.25) is 0 Å². The van der Waals surface area contributed by atoms with Gasteiger partial charge in [-0.25, -0.2) is 0 Å². The van der Waals surface area contributed by atoms with E-state index in [9.17, 15) is 0 Å². The molecule has 2 aromatic carbocycles. The van der Waals surface area contributed by atoms with Crippen molar-refractivity contribution in [2.24, 2.45) is 0 Å². The maximum absolute atomic E-state index is 2.59. The van der Waals surface area contributed by atoms with E-state index >= 15 is 0 Å². The van der Waals surface area contributed by atoms with Crippen LogP contribution in [0.2, 0.25) is 0 Å². The number of piperidine rings is 1. The van der Waals surface area contributed by atoms with E-state index in [1.807, 2.05) is 0 Å². The Hall–Kier alpha value is -1.86. The number of likely N-dealkylation sites (N-methyl/N-ethyl adjacent to an activating group) is 1. The van der Waals surface area contributed by atoms with Gasteiger partial charge < -0.3 is 4.90 Å². The molecule has 118 valence electrons.